The molecule has 0 radical (unpaired) electrons. The SMILES string of the molecule is O=C(CCCCCCCCn1cc(-c2cccnc2)nn1)Nc1ccccc1Cc1ccccc1. The highest BCUT2D eigenvalue weighted by Gasteiger charge is 2.08. The molecule has 1 amide bonds. The molecule has 180 valence electrons. The molecule has 0 saturated carbocycles. The van der Waals surface area contributed by atoms with Crippen molar-refractivity contribution in [1.82, 2.24) is 20.0 Å². The van der Waals surface area contributed by atoms with Crippen LogP contribution < -0.4 is 5.32 Å². The molecule has 4 aromatic rings. The van der Waals surface area contributed by atoms with E-state index in [0.29, 0.717) is 6.42 Å². The molecule has 6 nitrogen and oxygen atoms in total. The smallest absolute Gasteiger partial charge is 0.224 e. The minimum atomic E-state index is 0.0983. The van der Waals surface area contributed by atoms with Gasteiger partial charge in [-0.15, -0.1) is 5.10 Å². The fourth-order valence-corrected chi connectivity index (χ4v) is 4.15. The molecule has 1 N–H and O–H groups in total. The van der Waals surface area contributed by atoms with Crippen molar-refractivity contribution in [2.45, 2.75) is 57.9 Å². The molecule has 4 rings (SSSR count). The molecule has 0 bridgehead atoms. The number of nitrogens with zero attached hydrogens (tertiary/aromatic N) is 4. The number of unbranched alkanes of at least 4 members (excludes halogenated alkanes) is 5. The molecule has 6 heteroatoms. The van der Waals surface area contributed by atoms with Gasteiger partial charge in [0.25, 0.3) is 0 Å². The number of amides is 1. The number of para-hydroxylation sites is 1. The standard InChI is InChI=1S/C29H33N5O/c35-29(31-27-17-10-9-15-25(27)21-24-13-6-5-7-14-24)18-8-3-1-2-4-11-20-34-23-28(32-33-34)26-16-12-19-30-22-26/h5-7,9-10,12-17,19,22-23H,1-4,8,11,18,20-21H2,(H,31,35). The molecule has 35 heavy (non-hydrogen) atoms. The van der Waals surface area contributed by atoms with Gasteiger partial charge in [-0.05, 0) is 48.6 Å². The quantitative estimate of drug-likeness (QED) is 0.234. The summed E-state index contributed by atoms with van der Waals surface area (Å²) in [4.78, 5) is 16.6. The monoisotopic (exact) mass is 467 g/mol. The number of pyridine rings is 1. The minimum Gasteiger partial charge on any atom is -0.326 e. The third-order valence-corrected chi connectivity index (χ3v) is 6.07. The lowest BCUT2D eigenvalue weighted by Crippen LogP contribution is -2.12. The summed E-state index contributed by atoms with van der Waals surface area (Å²) in [6, 6.07) is 22.3. The van der Waals surface area contributed by atoms with Gasteiger partial charge in [-0.1, -0.05) is 79.4 Å². The summed E-state index contributed by atoms with van der Waals surface area (Å²) in [5.74, 6) is 0.0983. The predicted molar refractivity (Wildman–Crippen MR) is 140 cm³/mol. The number of hydrogen-bond donors (Lipinski definition) is 1. The van der Waals surface area contributed by atoms with Crippen LogP contribution in [-0.4, -0.2) is 25.9 Å². The molecule has 0 spiro atoms. The number of aromatic nitrogens is 4. The van der Waals surface area contributed by atoms with Gasteiger partial charge in [-0.3, -0.25) is 14.5 Å². The zero-order valence-corrected chi connectivity index (χ0v) is 20.1. The number of anilines is 1. The van der Waals surface area contributed by atoms with Crippen LogP contribution in [0.2, 0.25) is 0 Å². The van der Waals surface area contributed by atoms with Crippen molar-refractivity contribution in [3.63, 3.8) is 0 Å². The number of carbonyl (C=O) groups is 1. The molecular weight excluding hydrogens is 434 g/mol. The fraction of sp³-hybridized carbons (Fsp3) is 0.310. The molecule has 0 aliphatic heterocycles. The normalized spacial score (nSPS) is 10.9. The van der Waals surface area contributed by atoms with E-state index < -0.39 is 0 Å². The van der Waals surface area contributed by atoms with E-state index in [4.69, 9.17) is 0 Å². The number of nitrogens with one attached hydrogen (secondary N) is 1. The summed E-state index contributed by atoms with van der Waals surface area (Å²) >= 11 is 0. The van der Waals surface area contributed by atoms with Gasteiger partial charge < -0.3 is 5.32 Å². The van der Waals surface area contributed by atoms with E-state index >= 15 is 0 Å². The first-order chi connectivity index (χ1) is 17.3. The number of benzene rings is 2. The summed E-state index contributed by atoms with van der Waals surface area (Å²) in [5.41, 5.74) is 5.15. The lowest BCUT2D eigenvalue weighted by Gasteiger charge is -2.11. The maximum Gasteiger partial charge on any atom is 0.224 e. The van der Waals surface area contributed by atoms with Gasteiger partial charge in [0.15, 0.2) is 0 Å². The first kappa shape index (κ1) is 24.3. The summed E-state index contributed by atoms with van der Waals surface area (Å²) < 4.78 is 1.91. The van der Waals surface area contributed by atoms with E-state index in [2.05, 4.69) is 38.8 Å². The molecule has 0 unspecified atom stereocenters. The van der Waals surface area contributed by atoms with Crippen molar-refractivity contribution >= 4 is 11.6 Å². The van der Waals surface area contributed by atoms with Crippen molar-refractivity contribution in [3.8, 4) is 11.3 Å². The Balaban J connectivity index is 1.09. The lowest BCUT2D eigenvalue weighted by molar-refractivity contribution is -0.116. The van der Waals surface area contributed by atoms with Crippen molar-refractivity contribution in [3.05, 3.63) is 96.4 Å². The second kappa shape index (κ2) is 13.2. The second-order valence-corrected chi connectivity index (χ2v) is 8.85. The first-order valence-electron chi connectivity index (χ1n) is 12.5. The van der Waals surface area contributed by atoms with Crippen LogP contribution in [0.4, 0.5) is 5.69 Å². The van der Waals surface area contributed by atoms with Crippen molar-refractivity contribution in [2.75, 3.05) is 5.32 Å². The Morgan fingerprint density at radius 3 is 2.43 bits per heavy atom. The average Bonchev–Trinajstić information content (AvgIpc) is 3.37. The summed E-state index contributed by atoms with van der Waals surface area (Å²) in [6.45, 7) is 0.873. The van der Waals surface area contributed by atoms with Crippen LogP contribution in [0.5, 0.6) is 0 Å². The van der Waals surface area contributed by atoms with Crippen LogP contribution in [0.15, 0.2) is 85.3 Å². The maximum atomic E-state index is 12.5. The highest BCUT2D eigenvalue weighted by atomic mass is 16.1. The molecular formula is C29H33N5O. The number of aryl methyl sites for hydroxylation is 1. The molecule has 0 fully saturated rings. The third-order valence-electron chi connectivity index (χ3n) is 6.07. The average molecular weight is 468 g/mol. The van der Waals surface area contributed by atoms with E-state index in [9.17, 15) is 4.79 Å². The summed E-state index contributed by atoms with van der Waals surface area (Å²) in [5, 5.41) is 11.6. The van der Waals surface area contributed by atoms with E-state index in [0.717, 1.165) is 67.6 Å². The highest BCUT2D eigenvalue weighted by molar-refractivity contribution is 5.91. The topological polar surface area (TPSA) is 72.7 Å². The number of rotatable bonds is 13. The first-order valence-corrected chi connectivity index (χ1v) is 12.5. The zero-order chi connectivity index (χ0) is 24.1. The lowest BCUT2D eigenvalue weighted by atomic mass is 10.0. The van der Waals surface area contributed by atoms with Gasteiger partial charge in [0.05, 0.1) is 6.20 Å². The van der Waals surface area contributed by atoms with Gasteiger partial charge in [-0.25, -0.2) is 0 Å². The largest absolute Gasteiger partial charge is 0.326 e. The Morgan fingerprint density at radius 2 is 1.60 bits per heavy atom. The van der Waals surface area contributed by atoms with Crippen LogP contribution in [0.3, 0.4) is 0 Å². The van der Waals surface area contributed by atoms with E-state index in [1.54, 1.807) is 12.4 Å². The Morgan fingerprint density at radius 1 is 0.829 bits per heavy atom. The zero-order valence-electron chi connectivity index (χ0n) is 20.1. The van der Waals surface area contributed by atoms with Crippen LogP contribution in [0, 0.1) is 0 Å². The highest BCUT2D eigenvalue weighted by Crippen LogP contribution is 2.20. The van der Waals surface area contributed by atoms with Crippen molar-refractivity contribution in [1.29, 1.82) is 0 Å². The third kappa shape index (κ3) is 7.88. The van der Waals surface area contributed by atoms with Gasteiger partial charge >= 0.3 is 0 Å². The molecule has 0 aliphatic rings. The van der Waals surface area contributed by atoms with Gasteiger partial charge in [0, 0.05) is 36.6 Å². The van der Waals surface area contributed by atoms with Crippen LogP contribution in [0.25, 0.3) is 11.3 Å². The number of hydrogen-bond acceptors (Lipinski definition) is 4. The van der Waals surface area contributed by atoms with Crippen LogP contribution >= 0.6 is 0 Å². The second-order valence-electron chi connectivity index (χ2n) is 8.85. The molecule has 0 atom stereocenters. The minimum absolute atomic E-state index is 0.0983. The molecule has 2 aromatic heterocycles. The van der Waals surface area contributed by atoms with Crippen molar-refractivity contribution < 1.29 is 4.79 Å². The van der Waals surface area contributed by atoms with Crippen LogP contribution in [0.1, 0.15) is 56.1 Å². The Kier molecular flexibility index (Phi) is 9.16. The molecule has 2 aromatic carbocycles. The van der Waals surface area contributed by atoms with Crippen molar-refractivity contribution in [2.24, 2.45) is 0 Å². The Bertz CT molecular complexity index is 1170. The van der Waals surface area contributed by atoms with Gasteiger partial charge in [-0.2, -0.15) is 0 Å². The van der Waals surface area contributed by atoms with E-state index in [-0.39, 0.29) is 5.91 Å². The van der Waals surface area contributed by atoms with E-state index in [1.165, 1.54) is 12.0 Å². The molecule has 0 saturated heterocycles. The Hall–Kier alpha value is -3.80. The molecule has 2 heterocycles. The van der Waals surface area contributed by atoms with E-state index in [1.807, 2.05) is 59.4 Å². The number of carbonyl (C=O) groups excluding carboxylic acids is 1. The maximum absolute atomic E-state index is 12.5. The fourth-order valence-electron chi connectivity index (χ4n) is 4.15. The van der Waals surface area contributed by atoms with Gasteiger partial charge in [0.1, 0.15) is 5.69 Å². The van der Waals surface area contributed by atoms with Crippen LogP contribution in [-0.2, 0) is 17.8 Å². The Labute approximate surface area is 207 Å². The summed E-state index contributed by atoms with van der Waals surface area (Å²) in [6.07, 6.45) is 13.5. The van der Waals surface area contributed by atoms with Gasteiger partial charge in [0.2, 0.25) is 5.91 Å². The predicted octanol–water partition coefficient (Wildman–Crippen LogP) is 6.30. The summed E-state index contributed by atoms with van der Waals surface area (Å²) in [7, 11) is 0. The molecule has 0 aliphatic carbocycles.